The van der Waals surface area contributed by atoms with Crippen LogP contribution in [0.3, 0.4) is 0 Å². The fourth-order valence-corrected chi connectivity index (χ4v) is 1.72. The summed E-state index contributed by atoms with van der Waals surface area (Å²) >= 11 is 0. The van der Waals surface area contributed by atoms with E-state index in [9.17, 15) is 29.1 Å². The van der Waals surface area contributed by atoms with E-state index in [2.05, 4.69) is 18.9 Å². The van der Waals surface area contributed by atoms with Crippen molar-refractivity contribution in [2.45, 2.75) is 18.9 Å². The van der Waals surface area contributed by atoms with Crippen LogP contribution in [0.4, 0.5) is 0 Å². The molecule has 10 nitrogen and oxygen atoms in total. The third-order valence-electron chi connectivity index (χ3n) is 2.83. The van der Waals surface area contributed by atoms with Crippen molar-refractivity contribution >= 4 is 29.7 Å². The lowest BCUT2D eigenvalue weighted by molar-refractivity contribution is -0.187. The highest BCUT2D eigenvalue weighted by Gasteiger charge is 2.57. The number of hydrogen-bond acceptors (Lipinski definition) is 10. The number of ether oxygens (including phenoxy) is 4. The first-order valence-corrected chi connectivity index (χ1v) is 6.35. The molecule has 0 amide bonds. The SMILES string of the molecule is CCOC(=O)C(=O)C(C(=O)OC)C(O)(CC(=O)OC)C(=O)OC. The molecule has 10 heteroatoms. The van der Waals surface area contributed by atoms with E-state index in [0.29, 0.717) is 0 Å². The number of carbonyl (C=O) groups is 5. The number of carbonyl (C=O) groups excluding carboxylic acids is 5. The van der Waals surface area contributed by atoms with Crippen molar-refractivity contribution < 1.29 is 48.0 Å². The van der Waals surface area contributed by atoms with Crippen LogP contribution in [0, 0.1) is 5.92 Å². The Hall–Kier alpha value is -2.49. The highest BCUT2D eigenvalue weighted by molar-refractivity contribution is 6.39. The standard InChI is InChI=1S/C13H18O10/c1-5-23-11(17)9(15)8(10(16)21-3)13(19,12(18)22-4)6-7(14)20-2/h8,19H,5-6H2,1-4H3. The topological polar surface area (TPSA) is 142 Å². The van der Waals surface area contributed by atoms with E-state index in [1.807, 2.05) is 0 Å². The van der Waals surface area contributed by atoms with Crippen LogP contribution in [-0.2, 0) is 42.9 Å². The zero-order chi connectivity index (χ0) is 18.2. The number of ketones is 1. The molecule has 0 aliphatic rings. The minimum Gasteiger partial charge on any atom is -0.469 e. The van der Waals surface area contributed by atoms with E-state index in [1.165, 1.54) is 6.92 Å². The Morgan fingerprint density at radius 3 is 1.96 bits per heavy atom. The monoisotopic (exact) mass is 334 g/mol. The molecule has 0 aliphatic carbocycles. The van der Waals surface area contributed by atoms with Crippen LogP contribution in [0.1, 0.15) is 13.3 Å². The number of hydrogen-bond donors (Lipinski definition) is 1. The normalized spacial score (nSPS) is 14.0. The molecule has 0 aliphatic heterocycles. The molecule has 2 atom stereocenters. The average molecular weight is 334 g/mol. The second kappa shape index (κ2) is 8.83. The van der Waals surface area contributed by atoms with Gasteiger partial charge in [-0.2, -0.15) is 0 Å². The number of methoxy groups -OCH3 is 3. The second-order valence-electron chi connectivity index (χ2n) is 4.21. The van der Waals surface area contributed by atoms with Gasteiger partial charge in [-0.1, -0.05) is 0 Å². The molecule has 0 aromatic heterocycles. The second-order valence-corrected chi connectivity index (χ2v) is 4.21. The maximum absolute atomic E-state index is 12.1. The third kappa shape index (κ3) is 4.74. The Labute approximate surface area is 131 Å². The highest BCUT2D eigenvalue weighted by Crippen LogP contribution is 2.27. The lowest BCUT2D eigenvalue weighted by Gasteiger charge is -2.29. The van der Waals surface area contributed by atoms with E-state index in [-0.39, 0.29) is 6.61 Å². The summed E-state index contributed by atoms with van der Waals surface area (Å²) in [6.45, 7) is 1.21. The van der Waals surface area contributed by atoms with Crippen LogP contribution in [0.2, 0.25) is 0 Å². The van der Waals surface area contributed by atoms with Crippen LogP contribution in [0.15, 0.2) is 0 Å². The van der Waals surface area contributed by atoms with Gasteiger partial charge in [0, 0.05) is 0 Å². The van der Waals surface area contributed by atoms with Crippen molar-refractivity contribution in [3.05, 3.63) is 0 Å². The van der Waals surface area contributed by atoms with Crippen LogP contribution < -0.4 is 0 Å². The summed E-state index contributed by atoms with van der Waals surface area (Å²) in [6.07, 6.45) is -1.11. The molecule has 1 N–H and O–H groups in total. The smallest absolute Gasteiger partial charge is 0.375 e. The van der Waals surface area contributed by atoms with Crippen LogP contribution in [0.25, 0.3) is 0 Å². The first-order valence-electron chi connectivity index (χ1n) is 6.35. The zero-order valence-corrected chi connectivity index (χ0v) is 13.1. The Balaban J connectivity index is 5.97. The van der Waals surface area contributed by atoms with E-state index in [1.54, 1.807) is 0 Å². The number of rotatable bonds is 8. The third-order valence-corrected chi connectivity index (χ3v) is 2.83. The summed E-state index contributed by atoms with van der Waals surface area (Å²) in [5, 5.41) is 10.4. The summed E-state index contributed by atoms with van der Waals surface area (Å²) in [5.41, 5.74) is -2.99. The fourth-order valence-electron chi connectivity index (χ4n) is 1.72. The molecule has 0 fully saturated rings. The molecule has 2 unspecified atom stereocenters. The molecule has 130 valence electrons. The summed E-state index contributed by atoms with van der Waals surface area (Å²) < 4.78 is 17.4. The van der Waals surface area contributed by atoms with Gasteiger partial charge in [0.2, 0.25) is 0 Å². The summed E-state index contributed by atoms with van der Waals surface area (Å²) in [5.74, 6) is -9.41. The number of aliphatic hydroxyl groups is 1. The van der Waals surface area contributed by atoms with Gasteiger partial charge >= 0.3 is 23.9 Å². The molecular weight excluding hydrogens is 316 g/mol. The zero-order valence-electron chi connectivity index (χ0n) is 13.1. The van der Waals surface area contributed by atoms with Crippen LogP contribution in [-0.4, -0.2) is 68.3 Å². The van der Waals surface area contributed by atoms with Gasteiger partial charge in [0.25, 0.3) is 5.78 Å². The van der Waals surface area contributed by atoms with Gasteiger partial charge in [-0.25, -0.2) is 9.59 Å². The molecule has 0 saturated heterocycles. The first kappa shape index (κ1) is 20.5. The van der Waals surface area contributed by atoms with Crippen molar-refractivity contribution in [1.29, 1.82) is 0 Å². The van der Waals surface area contributed by atoms with Crippen LogP contribution >= 0.6 is 0 Å². The van der Waals surface area contributed by atoms with Gasteiger partial charge in [0.05, 0.1) is 34.4 Å². The molecule has 0 bridgehead atoms. The predicted molar refractivity (Wildman–Crippen MR) is 70.7 cm³/mol. The quantitative estimate of drug-likeness (QED) is 0.238. The highest BCUT2D eigenvalue weighted by atomic mass is 16.6. The Morgan fingerprint density at radius 1 is 1.00 bits per heavy atom. The molecule has 0 heterocycles. The molecular formula is C13H18O10. The number of esters is 4. The van der Waals surface area contributed by atoms with Crippen LogP contribution in [0.5, 0.6) is 0 Å². The average Bonchev–Trinajstić information content (AvgIpc) is 2.53. The van der Waals surface area contributed by atoms with Crippen molar-refractivity contribution in [3.8, 4) is 0 Å². The predicted octanol–water partition coefficient (Wildman–Crippen LogP) is -1.62. The number of Topliss-reactive ketones (excluding diaryl/α,β-unsaturated/α-hetero) is 1. The first-order chi connectivity index (χ1) is 10.7. The molecule has 0 aromatic carbocycles. The van der Waals surface area contributed by atoms with Gasteiger partial charge in [-0.05, 0) is 6.92 Å². The van der Waals surface area contributed by atoms with Gasteiger partial charge in [0.1, 0.15) is 0 Å². The van der Waals surface area contributed by atoms with E-state index in [4.69, 9.17) is 0 Å². The van der Waals surface area contributed by atoms with Crippen molar-refractivity contribution in [1.82, 2.24) is 0 Å². The fraction of sp³-hybridized carbons (Fsp3) is 0.615. The lowest BCUT2D eigenvalue weighted by Crippen LogP contribution is -2.56. The Morgan fingerprint density at radius 2 is 1.57 bits per heavy atom. The van der Waals surface area contributed by atoms with Crippen molar-refractivity contribution in [2.75, 3.05) is 27.9 Å². The maximum Gasteiger partial charge on any atom is 0.375 e. The van der Waals surface area contributed by atoms with E-state index in [0.717, 1.165) is 21.3 Å². The van der Waals surface area contributed by atoms with Crippen molar-refractivity contribution in [3.63, 3.8) is 0 Å². The van der Waals surface area contributed by atoms with E-state index < -0.39 is 47.6 Å². The molecule has 0 aromatic rings. The van der Waals surface area contributed by atoms with Gasteiger partial charge in [-0.15, -0.1) is 0 Å². The Kier molecular flexibility index (Phi) is 7.88. The Bertz CT molecular complexity index is 497. The van der Waals surface area contributed by atoms with E-state index >= 15 is 0 Å². The molecule has 0 radical (unpaired) electrons. The lowest BCUT2D eigenvalue weighted by atomic mass is 9.81. The molecule has 23 heavy (non-hydrogen) atoms. The van der Waals surface area contributed by atoms with Crippen molar-refractivity contribution in [2.24, 2.45) is 5.92 Å². The summed E-state index contributed by atoms with van der Waals surface area (Å²) in [7, 11) is 2.68. The van der Waals surface area contributed by atoms with Gasteiger partial charge in [0.15, 0.2) is 11.5 Å². The minimum atomic E-state index is -2.99. The largest absolute Gasteiger partial charge is 0.469 e. The summed E-state index contributed by atoms with van der Waals surface area (Å²) in [6, 6.07) is 0. The summed E-state index contributed by atoms with van der Waals surface area (Å²) in [4.78, 5) is 58.7. The molecule has 0 saturated carbocycles. The molecule has 0 rings (SSSR count). The maximum atomic E-state index is 12.1. The molecule has 0 spiro atoms. The van der Waals surface area contributed by atoms with Gasteiger partial charge < -0.3 is 24.1 Å². The van der Waals surface area contributed by atoms with Gasteiger partial charge in [-0.3, -0.25) is 14.4 Å². The minimum absolute atomic E-state index is 0.188.